The number of imidazole rings is 1. The van der Waals surface area contributed by atoms with Gasteiger partial charge in [0.25, 0.3) is 0 Å². The van der Waals surface area contributed by atoms with Gasteiger partial charge in [-0.15, -0.1) is 0 Å². The predicted molar refractivity (Wildman–Crippen MR) is 77.6 cm³/mol. The second-order valence-corrected chi connectivity index (χ2v) is 4.62. The van der Waals surface area contributed by atoms with E-state index in [0.29, 0.717) is 11.2 Å². The second kappa shape index (κ2) is 6.80. The van der Waals surface area contributed by atoms with E-state index in [1.807, 2.05) is 0 Å². The summed E-state index contributed by atoms with van der Waals surface area (Å²) in [4.78, 5) is 36.3. The first-order valence-electron chi connectivity index (χ1n) is 6.64. The average molecular weight is 307 g/mol. The summed E-state index contributed by atoms with van der Waals surface area (Å²) in [5.41, 5.74) is 12.0. The molecule has 0 aliphatic heterocycles. The highest BCUT2D eigenvalue weighted by Crippen LogP contribution is 2.14. The van der Waals surface area contributed by atoms with Crippen molar-refractivity contribution in [2.45, 2.75) is 13.0 Å². The molecule has 118 valence electrons. The Hall–Kier alpha value is -2.75. The number of anilines is 1. The van der Waals surface area contributed by atoms with Crippen molar-refractivity contribution in [2.24, 2.45) is 5.73 Å². The van der Waals surface area contributed by atoms with E-state index in [0.717, 1.165) is 0 Å². The number of nitrogens with zero attached hydrogens (tertiary/aromatic N) is 5. The maximum absolute atomic E-state index is 12.3. The zero-order valence-corrected chi connectivity index (χ0v) is 11.8. The number of carbonyl (C=O) groups excluding carboxylic acids is 1. The summed E-state index contributed by atoms with van der Waals surface area (Å²) >= 11 is 0. The lowest BCUT2D eigenvalue weighted by molar-refractivity contribution is -0.138. The van der Waals surface area contributed by atoms with Gasteiger partial charge in [0.05, 0.1) is 12.7 Å². The van der Waals surface area contributed by atoms with Gasteiger partial charge in [0.1, 0.15) is 18.4 Å². The molecule has 2 heterocycles. The fraction of sp³-hybridized carbons (Fsp3) is 0.417. The number of carboxylic acids is 1. The Bertz CT molecular complexity index is 684. The molecule has 0 fully saturated rings. The SMILES string of the molecule is NCCN(CCC(=O)O)C(=O)Cn1cnc2c(N)ncnc21. The zero-order valence-electron chi connectivity index (χ0n) is 11.8. The molecule has 0 bridgehead atoms. The van der Waals surface area contributed by atoms with Gasteiger partial charge in [0, 0.05) is 19.6 Å². The van der Waals surface area contributed by atoms with Crippen LogP contribution in [0.2, 0.25) is 0 Å². The van der Waals surface area contributed by atoms with E-state index in [1.54, 1.807) is 4.57 Å². The number of hydrogen-bond donors (Lipinski definition) is 3. The van der Waals surface area contributed by atoms with Crippen LogP contribution in [0.25, 0.3) is 11.2 Å². The molecule has 0 aliphatic rings. The number of fused-ring (bicyclic) bond motifs is 1. The van der Waals surface area contributed by atoms with Crippen LogP contribution in [0.3, 0.4) is 0 Å². The molecule has 0 spiro atoms. The standard InChI is InChI=1S/C12H17N7O3/c13-2-4-18(3-1-9(21)22)8(20)5-19-7-17-10-11(14)15-6-16-12(10)19/h6-7H,1-5,13H2,(H,21,22)(H2,14,15,16). The molecule has 0 radical (unpaired) electrons. The fourth-order valence-electron chi connectivity index (χ4n) is 2.01. The third-order valence-electron chi connectivity index (χ3n) is 3.08. The highest BCUT2D eigenvalue weighted by atomic mass is 16.4. The van der Waals surface area contributed by atoms with Gasteiger partial charge in [0.15, 0.2) is 11.5 Å². The first-order chi connectivity index (χ1) is 10.5. The summed E-state index contributed by atoms with van der Waals surface area (Å²) in [6.07, 6.45) is 2.61. The molecule has 5 N–H and O–H groups in total. The van der Waals surface area contributed by atoms with Crippen molar-refractivity contribution in [3.05, 3.63) is 12.7 Å². The Balaban J connectivity index is 2.14. The van der Waals surface area contributed by atoms with Gasteiger partial charge in [-0.05, 0) is 0 Å². The lowest BCUT2D eigenvalue weighted by Crippen LogP contribution is -2.38. The van der Waals surface area contributed by atoms with Crippen LogP contribution in [0.5, 0.6) is 0 Å². The van der Waals surface area contributed by atoms with Crippen molar-refractivity contribution in [1.29, 1.82) is 0 Å². The van der Waals surface area contributed by atoms with Crippen LogP contribution in [0.4, 0.5) is 5.82 Å². The molecule has 1 amide bonds. The molecule has 0 aromatic carbocycles. The second-order valence-electron chi connectivity index (χ2n) is 4.62. The minimum Gasteiger partial charge on any atom is -0.481 e. The highest BCUT2D eigenvalue weighted by Gasteiger charge is 2.17. The summed E-state index contributed by atoms with van der Waals surface area (Å²) < 4.78 is 1.54. The van der Waals surface area contributed by atoms with E-state index in [-0.39, 0.29) is 44.3 Å². The monoisotopic (exact) mass is 307 g/mol. The van der Waals surface area contributed by atoms with Crippen LogP contribution >= 0.6 is 0 Å². The summed E-state index contributed by atoms with van der Waals surface area (Å²) in [7, 11) is 0. The van der Waals surface area contributed by atoms with E-state index < -0.39 is 5.97 Å². The number of aliphatic carboxylic acids is 1. The van der Waals surface area contributed by atoms with Crippen molar-refractivity contribution in [3.63, 3.8) is 0 Å². The van der Waals surface area contributed by atoms with Crippen molar-refractivity contribution in [1.82, 2.24) is 24.4 Å². The van der Waals surface area contributed by atoms with Gasteiger partial charge < -0.3 is 26.0 Å². The molecular formula is C12H17N7O3. The van der Waals surface area contributed by atoms with Crippen LogP contribution in [0, 0.1) is 0 Å². The van der Waals surface area contributed by atoms with E-state index in [9.17, 15) is 9.59 Å². The van der Waals surface area contributed by atoms with Crippen molar-refractivity contribution < 1.29 is 14.7 Å². The van der Waals surface area contributed by atoms with Gasteiger partial charge in [-0.25, -0.2) is 15.0 Å². The van der Waals surface area contributed by atoms with Crippen molar-refractivity contribution >= 4 is 28.9 Å². The minimum atomic E-state index is -0.969. The molecular weight excluding hydrogens is 290 g/mol. The van der Waals surface area contributed by atoms with E-state index >= 15 is 0 Å². The van der Waals surface area contributed by atoms with Gasteiger partial charge >= 0.3 is 5.97 Å². The first kappa shape index (κ1) is 15.6. The number of carboxylic acid groups (broad SMARTS) is 1. The molecule has 2 aromatic rings. The maximum atomic E-state index is 12.3. The largest absolute Gasteiger partial charge is 0.481 e. The van der Waals surface area contributed by atoms with Crippen LogP contribution in [-0.2, 0) is 16.1 Å². The highest BCUT2D eigenvalue weighted by molar-refractivity contribution is 5.83. The average Bonchev–Trinajstić information content (AvgIpc) is 2.88. The lowest BCUT2D eigenvalue weighted by Gasteiger charge is -2.21. The number of carbonyl (C=O) groups is 2. The number of amides is 1. The van der Waals surface area contributed by atoms with Gasteiger partial charge in [0.2, 0.25) is 5.91 Å². The summed E-state index contributed by atoms with van der Waals surface area (Å²) in [6, 6.07) is 0. The van der Waals surface area contributed by atoms with Crippen molar-refractivity contribution in [3.8, 4) is 0 Å². The molecule has 0 saturated heterocycles. The van der Waals surface area contributed by atoms with Crippen LogP contribution in [0.1, 0.15) is 6.42 Å². The Morgan fingerprint density at radius 1 is 1.27 bits per heavy atom. The Labute approximate surface area is 125 Å². The maximum Gasteiger partial charge on any atom is 0.305 e. The van der Waals surface area contributed by atoms with Gasteiger partial charge in [-0.3, -0.25) is 9.59 Å². The van der Waals surface area contributed by atoms with Gasteiger partial charge in [-0.1, -0.05) is 0 Å². The van der Waals surface area contributed by atoms with E-state index in [1.165, 1.54) is 17.6 Å². The molecule has 0 unspecified atom stereocenters. The quantitative estimate of drug-likeness (QED) is 0.568. The zero-order chi connectivity index (χ0) is 16.1. The minimum absolute atomic E-state index is 0.0213. The molecule has 2 aromatic heterocycles. The smallest absolute Gasteiger partial charge is 0.305 e. The summed E-state index contributed by atoms with van der Waals surface area (Å²) in [6.45, 7) is 0.628. The lowest BCUT2D eigenvalue weighted by atomic mass is 10.3. The molecule has 10 heteroatoms. The predicted octanol–water partition coefficient (Wildman–Crippen LogP) is -1.33. The summed E-state index contributed by atoms with van der Waals surface area (Å²) in [5, 5.41) is 8.73. The molecule has 10 nitrogen and oxygen atoms in total. The number of nitrogens with two attached hydrogens (primary N) is 2. The van der Waals surface area contributed by atoms with Crippen molar-refractivity contribution in [2.75, 3.05) is 25.4 Å². The van der Waals surface area contributed by atoms with Crippen LogP contribution in [-0.4, -0.2) is 61.0 Å². The van der Waals surface area contributed by atoms with E-state index in [2.05, 4.69) is 15.0 Å². The number of rotatable bonds is 7. The Kier molecular flexibility index (Phi) is 4.84. The molecule has 2 rings (SSSR count). The summed E-state index contributed by atoms with van der Waals surface area (Å²) in [5.74, 6) is -0.993. The fourth-order valence-corrected chi connectivity index (χ4v) is 2.01. The third kappa shape index (κ3) is 3.47. The Morgan fingerprint density at radius 2 is 2.05 bits per heavy atom. The molecule has 22 heavy (non-hydrogen) atoms. The molecule has 0 saturated carbocycles. The Morgan fingerprint density at radius 3 is 2.73 bits per heavy atom. The van der Waals surface area contributed by atoms with Gasteiger partial charge in [-0.2, -0.15) is 0 Å². The normalized spacial score (nSPS) is 10.8. The van der Waals surface area contributed by atoms with Crippen LogP contribution in [0.15, 0.2) is 12.7 Å². The number of hydrogen-bond acceptors (Lipinski definition) is 7. The molecule has 0 atom stereocenters. The number of nitrogen functional groups attached to an aromatic ring is 1. The third-order valence-corrected chi connectivity index (χ3v) is 3.08. The first-order valence-corrected chi connectivity index (χ1v) is 6.64. The van der Waals surface area contributed by atoms with Crippen LogP contribution < -0.4 is 11.5 Å². The molecule has 0 aliphatic carbocycles. The number of aromatic nitrogens is 4. The van der Waals surface area contributed by atoms with E-state index in [4.69, 9.17) is 16.6 Å². The topological polar surface area (TPSA) is 153 Å².